The van der Waals surface area contributed by atoms with Gasteiger partial charge in [0.15, 0.2) is 0 Å². The maximum absolute atomic E-state index is 12.5. The number of carbonyl (C=O) groups is 2. The molecule has 0 aromatic rings. The molecule has 0 spiro atoms. The topological polar surface area (TPSA) is 64.6 Å². The molecule has 1 amide bonds. The van der Waals surface area contributed by atoms with E-state index in [1.165, 1.54) is 6.42 Å². The van der Waals surface area contributed by atoms with Gasteiger partial charge in [-0.15, -0.1) is 0 Å². The minimum absolute atomic E-state index is 0.0181. The molecule has 1 saturated carbocycles. The minimum atomic E-state index is -0.520. The summed E-state index contributed by atoms with van der Waals surface area (Å²) in [6, 6.07) is 0. The van der Waals surface area contributed by atoms with Crippen molar-refractivity contribution in [3.63, 3.8) is 0 Å². The quantitative estimate of drug-likeness (QED) is 0.673. The Morgan fingerprint density at radius 2 is 1.96 bits per heavy atom. The lowest BCUT2D eigenvalue weighted by Gasteiger charge is -2.44. The zero-order chi connectivity index (χ0) is 19.4. The first-order chi connectivity index (χ1) is 12.2. The fourth-order valence-corrected chi connectivity index (χ4v) is 4.40. The molecule has 0 aromatic carbocycles. The van der Waals surface area contributed by atoms with E-state index in [0.717, 1.165) is 51.4 Å². The van der Waals surface area contributed by atoms with Crippen LogP contribution < -0.4 is 5.32 Å². The maximum atomic E-state index is 12.5. The van der Waals surface area contributed by atoms with E-state index >= 15 is 0 Å². The molecule has 2 fully saturated rings. The van der Waals surface area contributed by atoms with Crippen LogP contribution in [0.3, 0.4) is 0 Å². The van der Waals surface area contributed by atoms with Crippen molar-refractivity contribution >= 4 is 12.1 Å². The Hall–Kier alpha value is -1.26. The van der Waals surface area contributed by atoms with Gasteiger partial charge in [-0.1, -0.05) is 46.0 Å². The molecule has 5 nitrogen and oxygen atoms in total. The van der Waals surface area contributed by atoms with Crippen molar-refractivity contribution in [1.82, 2.24) is 5.32 Å². The van der Waals surface area contributed by atoms with Crippen molar-refractivity contribution in [1.29, 1.82) is 0 Å². The molecule has 1 heterocycles. The van der Waals surface area contributed by atoms with Crippen molar-refractivity contribution in [3.05, 3.63) is 0 Å². The molecule has 2 aliphatic rings. The van der Waals surface area contributed by atoms with E-state index in [-0.39, 0.29) is 35.5 Å². The molecule has 1 aliphatic heterocycles. The molecule has 1 saturated heterocycles. The number of cyclic esters (lactones) is 1. The Labute approximate surface area is 158 Å². The molecule has 26 heavy (non-hydrogen) atoms. The van der Waals surface area contributed by atoms with Gasteiger partial charge >= 0.3 is 12.1 Å². The number of alkyl carbamates (subject to hydrolysis) is 1. The molecule has 3 unspecified atom stereocenters. The molecule has 0 radical (unpaired) electrons. The van der Waals surface area contributed by atoms with E-state index in [0.29, 0.717) is 0 Å². The molecule has 3 atom stereocenters. The van der Waals surface area contributed by atoms with Crippen LogP contribution in [0.5, 0.6) is 0 Å². The molecular weight excluding hydrogens is 330 g/mol. The highest BCUT2D eigenvalue weighted by atomic mass is 16.6. The van der Waals surface area contributed by atoms with Crippen molar-refractivity contribution in [2.45, 2.75) is 110 Å². The van der Waals surface area contributed by atoms with Crippen LogP contribution in [-0.4, -0.2) is 29.3 Å². The zero-order valence-electron chi connectivity index (χ0n) is 17.2. The zero-order valence-corrected chi connectivity index (χ0v) is 17.2. The van der Waals surface area contributed by atoms with Gasteiger partial charge in [0.05, 0.1) is 5.92 Å². The molecule has 1 aliphatic carbocycles. The Kier molecular flexibility index (Phi) is 6.98. The molecule has 5 heteroatoms. The van der Waals surface area contributed by atoms with Crippen molar-refractivity contribution in [2.75, 3.05) is 0 Å². The fraction of sp³-hybridized carbons (Fsp3) is 0.905. The van der Waals surface area contributed by atoms with Gasteiger partial charge in [0, 0.05) is 11.5 Å². The van der Waals surface area contributed by atoms with Crippen LogP contribution in [0, 0.1) is 11.8 Å². The Morgan fingerprint density at radius 1 is 1.31 bits per heavy atom. The minimum Gasteiger partial charge on any atom is -0.462 e. The van der Waals surface area contributed by atoms with Gasteiger partial charge in [0.25, 0.3) is 0 Å². The normalized spacial score (nSPS) is 26.9. The number of hydrogen-bond donors (Lipinski definition) is 1. The van der Waals surface area contributed by atoms with Crippen LogP contribution in [0.15, 0.2) is 0 Å². The number of unbranched alkanes of at least 4 members (excludes halogenated alkanes) is 1. The number of ether oxygens (including phenoxy) is 2. The highest BCUT2D eigenvalue weighted by Gasteiger charge is 2.47. The smallest absolute Gasteiger partial charge is 0.408 e. The summed E-state index contributed by atoms with van der Waals surface area (Å²) >= 11 is 0. The number of esters is 1. The van der Waals surface area contributed by atoms with E-state index in [2.05, 4.69) is 19.2 Å². The largest absolute Gasteiger partial charge is 0.462 e. The number of nitrogens with one attached hydrogen (secondary N) is 1. The average Bonchev–Trinajstić information content (AvgIpc) is 2.92. The second-order valence-electron chi connectivity index (χ2n) is 9.18. The van der Waals surface area contributed by atoms with Crippen LogP contribution in [-0.2, 0) is 14.3 Å². The number of hydrogen-bond acceptors (Lipinski definition) is 4. The number of amides is 1. The second kappa shape index (κ2) is 8.62. The third-order valence-corrected chi connectivity index (χ3v) is 5.95. The Morgan fingerprint density at radius 3 is 2.54 bits per heavy atom. The summed E-state index contributed by atoms with van der Waals surface area (Å²) in [7, 11) is 0. The summed E-state index contributed by atoms with van der Waals surface area (Å²) in [5.41, 5.74) is -0.862. The first kappa shape index (κ1) is 21.0. The third kappa shape index (κ3) is 5.37. The van der Waals surface area contributed by atoms with Crippen LogP contribution in [0.1, 0.15) is 92.4 Å². The molecule has 2 rings (SSSR count). The lowest BCUT2D eigenvalue weighted by atomic mass is 9.70. The molecule has 1 N–H and O–H groups in total. The van der Waals surface area contributed by atoms with Crippen LogP contribution in [0.4, 0.5) is 4.79 Å². The maximum Gasteiger partial charge on any atom is 0.408 e. The lowest BCUT2D eigenvalue weighted by molar-refractivity contribution is -0.147. The highest BCUT2D eigenvalue weighted by molar-refractivity contribution is 5.74. The van der Waals surface area contributed by atoms with E-state index in [1.807, 2.05) is 20.8 Å². The summed E-state index contributed by atoms with van der Waals surface area (Å²) in [4.78, 5) is 24.7. The van der Waals surface area contributed by atoms with Gasteiger partial charge < -0.3 is 14.8 Å². The average molecular weight is 368 g/mol. The first-order valence-corrected chi connectivity index (χ1v) is 10.4. The molecule has 0 aromatic heterocycles. The van der Waals surface area contributed by atoms with E-state index < -0.39 is 5.60 Å². The summed E-state index contributed by atoms with van der Waals surface area (Å²) < 4.78 is 11.3. The van der Waals surface area contributed by atoms with Gasteiger partial charge in [-0.3, -0.25) is 4.79 Å². The van der Waals surface area contributed by atoms with E-state index in [9.17, 15) is 9.59 Å². The monoisotopic (exact) mass is 367 g/mol. The lowest BCUT2D eigenvalue weighted by Crippen LogP contribution is -2.57. The van der Waals surface area contributed by atoms with Crippen LogP contribution in [0.2, 0.25) is 0 Å². The fourth-order valence-electron chi connectivity index (χ4n) is 4.40. The van der Waals surface area contributed by atoms with Crippen molar-refractivity contribution in [3.8, 4) is 0 Å². The first-order valence-electron chi connectivity index (χ1n) is 10.4. The third-order valence-electron chi connectivity index (χ3n) is 5.95. The SMILES string of the molecule is CCCCC1CC(C(C)C2(NC(=O)OC(C)(C)C)CCCCC2)OC1=O. The van der Waals surface area contributed by atoms with Gasteiger partial charge in [-0.05, 0) is 46.5 Å². The van der Waals surface area contributed by atoms with Gasteiger partial charge in [-0.2, -0.15) is 0 Å². The standard InChI is InChI=1S/C21H37NO4/c1-6-7-11-16-14-17(25-18(16)23)15(2)21(12-9-8-10-13-21)22-19(24)26-20(3,4)5/h15-17H,6-14H2,1-5H3,(H,22,24). The van der Waals surface area contributed by atoms with Crippen molar-refractivity contribution in [2.24, 2.45) is 11.8 Å². The predicted molar refractivity (Wildman–Crippen MR) is 102 cm³/mol. The second-order valence-corrected chi connectivity index (χ2v) is 9.18. The Balaban J connectivity index is 2.08. The summed E-state index contributed by atoms with van der Waals surface area (Å²) in [6.45, 7) is 9.90. The predicted octanol–water partition coefficient (Wildman–Crippen LogP) is 4.97. The summed E-state index contributed by atoms with van der Waals surface area (Å²) in [6.07, 6.45) is 8.55. The van der Waals surface area contributed by atoms with E-state index in [1.54, 1.807) is 0 Å². The molecule has 0 bridgehead atoms. The van der Waals surface area contributed by atoms with Gasteiger partial charge in [0.2, 0.25) is 0 Å². The number of carbonyl (C=O) groups excluding carboxylic acids is 2. The van der Waals surface area contributed by atoms with E-state index in [4.69, 9.17) is 9.47 Å². The highest BCUT2D eigenvalue weighted by Crippen LogP contribution is 2.41. The summed E-state index contributed by atoms with van der Waals surface area (Å²) in [5.74, 6) is 0.0500. The molecular formula is C21H37NO4. The van der Waals surface area contributed by atoms with Gasteiger partial charge in [-0.25, -0.2) is 4.79 Å². The Bertz CT molecular complexity index is 491. The van der Waals surface area contributed by atoms with Crippen LogP contribution in [0.25, 0.3) is 0 Å². The summed E-state index contributed by atoms with van der Waals surface area (Å²) in [5, 5.41) is 3.19. The van der Waals surface area contributed by atoms with Crippen molar-refractivity contribution < 1.29 is 19.1 Å². The van der Waals surface area contributed by atoms with Crippen LogP contribution >= 0.6 is 0 Å². The van der Waals surface area contributed by atoms with Gasteiger partial charge in [0.1, 0.15) is 11.7 Å². The molecule has 150 valence electrons. The number of rotatable bonds is 6.